The first-order valence-electron chi connectivity index (χ1n) is 6.62. The van der Waals surface area contributed by atoms with E-state index in [4.69, 9.17) is 9.47 Å². The number of methoxy groups -OCH3 is 2. The molecular weight excluding hydrogens is 255 g/mol. The quantitative estimate of drug-likeness (QED) is 0.755. The second-order valence-electron chi connectivity index (χ2n) is 4.58. The minimum absolute atomic E-state index is 0.277. The van der Waals surface area contributed by atoms with Gasteiger partial charge < -0.3 is 9.47 Å². The maximum atomic E-state index is 14.4. The van der Waals surface area contributed by atoms with Gasteiger partial charge >= 0.3 is 0 Å². The molecule has 2 aromatic carbocycles. The van der Waals surface area contributed by atoms with E-state index in [1.807, 2.05) is 43.3 Å². The summed E-state index contributed by atoms with van der Waals surface area (Å²) in [4.78, 5) is 0. The Balaban J connectivity index is 2.45. The van der Waals surface area contributed by atoms with E-state index in [1.165, 1.54) is 6.07 Å². The van der Waals surface area contributed by atoms with Gasteiger partial charge in [-0.15, -0.1) is 0 Å². The van der Waals surface area contributed by atoms with Gasteiger partial charge in [0.05, 0.1) is 0 Å². The zero-order chi connectivity index (χ0) is 14.6. The lowest BCUT2D eigenvalue weighted by Gasteiger charge is -2.30. The van der Waals surface area contributed by atoms with Gasteiger partial charge in [-0.05, 0) is 11.6 Å². The average molecular weight is 274 g/mol. The molecule has 0 saturated carbocycles. The van der Waals surface area contributed by atoms with Gasteiger partial charge in [-0.1, -0.05) is 49.4 Å². The SMILES string of the molecule is CCC(OC)(OC)c1ccc(-c2ccccc2)c(F)c1. The Labute approximate surface area is 119 Å². The molecule has 0 aromatic heterocycles. The van der Waals surface area contributed by atoms with Crippen LogP contribution in [-0.2, 0) is 15.3 Å². The van der Waals surface area contributed by atoms with Gasteiger partial charge in [-0.25, -0.2) is 4.39 Å². The first kappa shape index (κ1) is 14.7. The molecule has 0 amide bonds. The molecule has 2 nitrogen and oxygen atoms in total. The van der Waals surface area contributed by atoms with E-state index in [2.05, 4.69) is 0 Å². The standard InChI is InChI=1S/C17H19FO2/c1-4-17(19-2,20-3)14-10-11-15(16(18)12-14)13-8-6-5-7-9-13/h5-12H,4H2,1-3H3. The molecule has 0 saturated heterocycles. The van der Waals surface area contributed by atoms with Crippen LogP contribution < -0.4 is 0 Å². The molecule has 0 N–H and O–H groups in total. The monoisotopic (exact) mass is 274 g/mol. The van der Waals surface area contributed by atoms with Gasteiger partial charge in [0.25, 0.3) is 0 Å². The second kappa shape index (κ2) is 6.16. The van der Waals surface area contributed by atoms with Crippen molar-refractivity contribution in [3.63, 3.8) is 0 Å². The van der Waals surface area contributed by atoms with Crippen LogP contribution in [0.25, 0.3) is 11.1 Å². The third-order valence-electron chi connectivity index (χ3n) is 3.62. The molecule has 0 fully saturated rings. The summed E-state index contributed by atoms with van der Waals surface area (Å²) >= 11 is 0. The van der Waals surface area contributed by atoms with Gasteiger partial charge in [0.2, 0.25) is 0 Å². The second-order valence-corrected chi connectivity index (χ2v) is 4.58. The predicted octanol–water partition coefficient (Wildman–Crippen LogP) is 4.35. The van der Waals surface area contributed by atoms with Crippen LogP contribution in [0.4, 0.5) is 4.39 Å². The molecular formula is C17H19FO2. The molecule has 20 heavy (non-hydrogen) atoms. The van der Waals surface area contributed by atoms with Crippen molar-refractivity contribution in [1.82, 2.24) is 0 Å². The van der Waals surface area contributed by atoms with Crippen LogP contribution in [0.5, 0.6) is 0 Å². The molecule has 2 rings (SSSR count). The molecule has 0 aliphatic carbocycles. The van der Waals surface area contributed by atoms with E-state index in [0.717, 1.165) is 5.56 Å². The first-order valence-corrected chi connectivity index (χ1v) is 6.62. The molecule has 0 heterocycles. The highest BCUT2D eigenvalue weighted by Crippen LogP contribution is 2.32. The highest BCUT2D eigenvalue weighted by Gasteiger charge is 2.30. The van der Waals surface area contributed by atoms with Crippen molar-refractivity contribution in [2.45, 2.75) is 19.1 Å². The highest BCUT2D eigenvalue weighted by atomic mass is 19.1. The van der Waals surface area contributed by atoms with E-state index >= 15 is 0 Å². The zero-order valence-corrected chi connectivity index (χ0v) is 12.0. The number of hydrogen-bond acceptors (Lipinski definition) is 2. The van der Waals surface area contributed by atoms with E-state index in [9.17, 15) is 4.39 Å². The Bertz CT molecular complexity index is 554. The molecule has 0 radical (unpaired) electrons. The lowest BCUT2D eigenvalue weighted by molar-refractivity contribution is -0.217. The van der Waals surface area contributed by atoms with Gasteiger partial charge in [-0.2, -0.15) is 0 Å². The minimum atomic E-state index is -0.893. The van der Waals surface area contributed by atoms with E-state index in [1.54, 1.807) is 20.3 Å². The summed E-state index contributed by atoms with van der Waals surface area (Å²) in [6, 6.07) is 14.6. The van der Waals surface area contributed by atoms with Crippen molar-refractivity contribution in [1.29, 1.82) is 0 Å². The number of halogens is 1. The number of benzene rings is 2. The summed E-state index contributed by atoms with van der Waals surface area (Å²) in [6.45, 7) is 1.94. The van der Waals surface area contributed by atoms with Gasteiger partial charge in [-0.3, -0.25) is 0 Å². The fraction of sp³-hybridized carbons (Fsp3) is 0.294. The largest absolute Gasteiger partial charge is 0.349 e. The summed E-state index contributed by atoms with van der Waals surface area (Å²) in [5, 5.41) is 0. The lowest BCUT2D eigenvalue weighted by atomic mass is 9.98. The number of hydrogen-bond donors (Lipinski definition) is 0. The maximum Gasteiger partial charge on any atom is 0.194 e. The smallest absolute Gasteiger partial charge is 0.194 e. The van der Waals surface area contributed by atoms with Gasteiger partial charge in [0.1, 0.15) is 5.82 Å². The van der Waals surface area contributed by atoms with Crippen molar-refractivity contribution in [2.75, 3.05) is 14.2 Å². The van der Waals surface area contributed by atoms with Crippen molar-refractivity contribution >= 4 is 0 Å². The third-order valence-corrected chi connectivity index (χ3v) is 3.62. The molecule has 2 aromatic rings. The lowest BCUT2D eigenvalue weighted by Crippen LogP contribution is -2.30. The normalized spacial score (nSPS) is 11.6. The molecule has 0 unspecified atom stereocenters. The van der Waals surface area contributed by atoms with Crippen LogP contribution >= 0.6 is 0 Å². The highest BCUT2D eigenvalue weighted by molar-refractivity contribution is 5.64. The van der Waals surface area contributed by atoms with Crippen molar-refractivity contribution in [3.8, 4) is 11.1 Å². The Kier molecular flexibility index (Phi) is 4.53. The van der Waals surface area contributed by atoms with E-state index in [-0.39, 0.29) is 5.82 Å². The van der Waals surface area contributed by atoms with Crippen LogP contribution in [0.3, 0.4) is 0 Å². The molecule has 0 spiro atoms. The fourth-order valence-corrected chi connectivity index (χ4v) is 2.42. The number of rotatable bonds is 5. The van der Waals surface area contributed by atoms with E-state index < -0.39 is 5.79 Å². The maximum absolute atomic E-state index is 14.4. The molecule has 3 heteroatoms. The Morgan fingerprint density at radius 3 is 2.15 bits per heavy atom. The average Bonchev–Trinajstić information content (AvgIpc) is 2.51. The van der Waals surface area contributed by atoms with Crippen LogP contribution in [0.2, 0.25) is 0 Å². The Morgan fingerprint density at radius 2 is 1.65 bits per heavy atom. The summed E-state index contributed by atoms with van der Waals surface area (Å²) in [5.41, 5.74) is 2.11. The van der Waals surface area contributed by atoms with Crippen LogP contribution in [-0.4, -0.2) is 14.2 Å². The molecule has 0 atom stereocenters. The molecule has 0 aliphatic heterocycles. The van der Waals surface area contributed by atoms with Crippen LogP contribution in [0, 0.1) is 5.82 Å². The van der Waals surface area contributed by atoms with Crippen molar-refractivity contribution < 1.29 is 13.9 Å². The molecule has 106 valence electrons. The number of ether oxygens (including phenoxy) is 2. The van der Waals surface area contributed by atoms with Crippen molar-refractivity contribution in [2.24, 2.45) is 0 Å². The van der Waals surface area contributed by atoms with Crippen LogP contribution in [0.15, 0.2) is 48.5 Å². The predicted molar refractivity (Wildman–Crippen MR) is 77.8 cm³/mol. The summed E-state index contributed by atoms with van der Waals surface area (Å²) < 4.78 is 25.2. The minimum Gasteiger partial charge on any atom is -0.349 e. The van der Waals surface area contributed by atoms with E-state index in [0.29, 0.717) is 17.5 Å². The summed E-state index contributed by atoms with van der Waals surface area (Å²) in [7, 11) is 3.13. The zero-order valence-electron chi connectivity index (χ0n) is 12.0. The van der Waals surface area contributed by atoms with Gasteiger partial charge in [0.15, 0.2) is 5.79 Å². The fourth-order valence-electron chi connectivity index (χ4n) is 2.42. The first-order chi connectivity index (χ1) is 9.66. The summed E-state index contributed by atoms with van der Waals surface area (Å²) in [6.07, 6.45) is 0.601. The molecule has 0 bridgehead atoms. The third kappa shape index (κ3) is 2.60. The molecule has 0 aliphatic rings. The van der Waals surface area contributed by atoms with Gasteiger partial charge in [0, 0.05) is 31.8 Å². The Morgan fingerprint density at radius 1 is 1.00 bits per heavy atom. The van der Waals surface area contributed by atoms with Crippen molar-refractivity contribution in [3.05, 3.63) is 59.9 Å². The summed E-state index contributed by atoms with van der Waals surface area (Å²) in [5.74, 6) is -1.17. The topological polar surface area (TPSA) is 18.5 Å². The van der Waals surface area contributed by atoms with Crippen LogP contribution in [0.1, 0.15) is 18.9 Å². The Hall–Kier alpha value is -1.71.